The van der Waals surface area contributed by atoms with Crippen LogP contribution >= 0.6 is 0 Å². The van der Waals surface area contributed by atoms with E-state index in [0.29, 0.717) is 11.3 Å². The molecule has 3 nitrogen and oxygen atoms in total. The third kappa shape index (κ3) is 2.53. The number of fused-ring (bicyclic) bond motifs is 5. The van der Waals surface area contributed by atoms with Gasteiger partial charge in [0.05, 0.1) is 11.8 Å². The molecule has 4 aliphatic carbocycles. The average molecular weight is 369 g/mol. The highest BCUT2D eigenvalue weighted by atomic mass is 16.3. The summed E-state index contributed by atoms with van der Waals surface area (Å²) in [5.74, 6) is 3.33. The van der Waals surface area contributed by atoms with Gasteiger partial charge in [-0.3, -0.25) is 4.68 Å². The highest BCUT2D eigenvalue weighted by Gasteiger charge is 2.60. The third-order valence-corrected chi connectivity index (χ3v) is 9.64. The van der Waals surface area contributed by atoms with E-state index in [1.807, 2.05) is 17.9 Å². The first kappa shape index (κ1) is 18.0. The number of aliphatic hydroxyl groups is 1. The molecule has 4 fully saturated rings. The smallest absolute Gasteiger partial charge is 0.0810 e. The molecule has 4 aliphatic rings. The Morgan fingerprint density at radius 1 is 1.07 bits per heavy atom. The number of aryl methyl sites for hydroxylation is 1. The van der Waals surface area contributed by atoms with Crippen LogP contribution in [0.25, 0.3) is 6.08 Å². The summed E-state index contributed by atoms with van der Waals surface area (Å²) in [7, 11) is 1.99. The zero-order valence-corrected chi connectivity index (χ0v) is 17.3. The molecule has 0 spiro atoms. The molecule has 3 heteroatoms. The van der Waals surface area contributed by atoms with Gasteiger partial charge in [-0.1, -0.05) is 26.7 Å². The van der Waals surface area contributed by atoms with Crippen LogP contribution in [0.4, 0.5) is 0 Å². The number of nitrogens with zero attached hydrogens (tertiary/aromatic N) is 2. The van der Waals surface area contributed by atoms with Crippen molar-refractivity contribution in [3.63, 3.8) is 0 Å². The van der Waals surface area contributed by atoms with E-state index in [9.17, 15) is 5.11 Å². The van der Waals surface area contributed by atoms with Crippen LogP contribution in [0.2, 0.25) is 0 Å². The molecule has 0 radical (unpaired) electrons. The van der Waals surface area contributed by atoms with E-state index in [2.05, 4.69) is 31.1 Å². The minimum absolute atomic E-state index is 0.0729. The molecule has 1 N–H and O–H groups in total. The Hall–Kier alpha value is -1.09. The van der Waals surface area contributed by atoms with Gasteiger partial charge in [0.15, 0.2) is 0 Å². The fraction of sp³-hybridized carbons (Fsp3) is 0.792. The molecule has 0 amide bonds. The van der Waals surface area contributed by atoms with Gasteiger partial charge >= 0.3 is 0 Å². The predicted octanol–water partition coefficient (Wildman–Crippen LogP) is 5.21. The van der Waals surface area contributed by atoms with Crippen molar-refractivity contribution in [1.29, 1.82) is 0 Å². The van der Waals surface area contributed by atoms with Gasteiger partial charge in [0.1, 0.15) is 0 Å². The van der Waals surface area contributed by atoms with Crippen molar-refractivity contribution >= 4 is 6.08 Å². The molecule has 1 aromatic heterocycles. The molecule has 4 saturated carbocycles. The molecule has 5 rings (SSSR count). The Bertz CT molecular complexity index is 751. The Morgan fingerprint density at radius 3 is 2.70 bits per heavy atom. The Balaban J connectivity index is 1.47. The van der Waals surface area contributed by atoms with Crippen molar-refractivity contribution in [3.8, 4) is 0 Å². The minimum atomic E-state index is -0.282. The summed E-state index contributed by atoms with van der Waals surface area (Å²) in [6, 6.07) is 2.06. The standard InChI is InChI=1S/C24H36N2O/c1-23-11-5-4-6-17(23)7-8-19-20(23)9-12-24(2)21(19)15-16(22(24)27)14-18-10-13-25-26(18)3/h10,13-14,17,19-22,27H,4-9,11-12,15H2,1-3H3/b16-14+/t17-,19+,20-,21-,22-,23+,24+/m1/s1. The van der Waals surface area contributed by atoms with Crippen molar-refractivity contribution in [1.82, 2.24) is 9.78 Å². The lowest BCUT2D eigenvalue weighted by atomic mass is 9.45. The zero-order chi connectivity index (χ0) is 18.8. The monoisotopic (exact) mass is 368 g/mol. The summed E-state index contributed by atoms with van der Waals surface area (Å²) in [4.78, 5) is 0. The lowest BCUT2D eigenvalue weighted by molar-refractivity contribution is -0.119. The Labute approximate surface area is 164 Å². The van der Waals surface area contributed by atoms with Gasteiger partial charge in [-0.15, -0.1) is 0 Å². The van der Waals surface area contributed by atoms with Crippen molar-refractivity contribution in [2.45, 2.75) is 77.7 Å². The van der Waals surface area contributed by atoms with Crippen molar-refractivity contribution in [3.05, 3.63) is 23.5 Å². The molecule has 0 aliphatic heterocycles. The van der Waals surface area contributed by atoms with E-state index >= 15 is 0 Å². The highest BCUT2D eigenvalue weighted by molar-refractivity contribution is 5.52. The molecule has 1 aromatic rings. The fourth-order valence-electron chi connectivity index (χ4n) is 8.01. The SMILES string of the molecule is Cn1nccc1/C=C1\C[C@@H]2[C@H]3CC[C@H]4CCCC[C@]4(C)[C@@H]3CC[C@]2(C)[C@@H]1O. The summed E-state index contributed by atoms with van der Waals surface area (Å²) >= 11 is 0. The normalized spacial score (nSPS) is 48.1. The number of hydrogen-bond acceptors (Lipinski definition) is 2. The summed E-state index contributed by atoms with van der Waals surface area (Å²) < 4.78 is 1.92. The van der Waals surface area contributed by atoms with Gasteiger partial charge in [-0.25, -0.2) is 0 Å². The summed E-state index contributed by atoms with van der Waals surface area (Å²) in [6.07, 6.45) is 16.1. The van der Waals surface area contributed by atoms with Gasteiger partial charge < -0.3 is 5.11 Å². The van der Waals surface area contributed by atoms with Gasteiger partial charge in [-0.2, -0.15) is 5.10 Å². The molecule has 27 heavy (non-hydrogen) atoms. The first-order valence-corrected chi connectivity index (χ1v) is 11.3. The van der Waals surface area contributed by atoms with Crippen LogP contribution in [0, 0.1) is 34.5 Å². The lowest BCUT2D eigenvalue weighted by Gasteiger charge is -2.60. The average Bonchev–Trinajstić information content (AvgIpc) is 3.17. The molecule has 0 saturated heterocycles. The van der Waals surface area contributed by atoms with Crippen molar-refractivity contribution < 1.29 is 5.11 Å². The fourth-order valence-corrected chi connectivity index (χ4v) is 8.01. The summed E-state index contributed by atoms with van der Waals surface area (Å²) in [6.45, 7) is 5.02. The quantitative estimate of drug-likeness (QED) is 0.739. The van der Waals surface area contributed by atoms with Crippen LogP contribution < -0.4 is 0 Å². The second kappa shape index (κ2) is 6.20. The maximum Gasteiger partial charge on any atom is 0.0810 e. The van der Waals surface area contributed by atoms with Gasteiger partial charge in [0.25, 0.3) is 0 Å². The van der Waals surface area contributed by atoms with Crippen molar-refractivity contribution in [2.24, 2.45) is 41.5 Å². The molecule has 1 heterocycles. The second-order valence-corrected chi connectivity index (χ2v) is 10.7. The van der Waals surface area contributed by atoms with Crippen LogP contribution in [-0.2, 0) is 7.05 Å². The van der Waals surface area contributed by atoms with Crippen LogP contribution in [0.5, 0.6) is 0 Å². The third-order valence-electron chi connectivity index (χ3n) is 9.64. The molecule has 0 aromatic carbocycles. The van der Waals surface area contributed by atoms with E-state index in [1.54, 1.807) is 0 Å². The molecule has 0 bridgehead atoms. The lowest BCUT2D eigenvalue weighted by Crippen LogP contribution is -2.53. The number of aromatic nitrogens is 2. The molecule has 7 atom stereocenters. The van der Waals surface area contributed by atoms with Crippen LogP contribution in [-0.4, -0.2) is 21.0 Å². The van der Waals surface area contributed by atoms with Crippen LogP contribution in [0.1, 0.15) is 77.3 Å². The Kier molecular flexibility index (Phi) is 4.13. The Morgan fingerprint density at radius 2 is 1.93 bits per heavy atom. The first-order valence-electron chi connectivity index (χ1n) is 11.3. The highest BCUT2D eigenvalue weighted by Crippen LogP contribution is 2.66. The number of rotatable bonds is 1. The summed E-state index contributed by atoms with van der Waals surface area (Å²) in [5.41, 5.74) is 3.01. The van der Waals surface area contributed by atoms with E-state index < -0.39 is 0 Å². The van der Waals surface area contributed by atoms with E-state index in [0.717, 1.165) is 29.9 Å². The van der Waals surface area contributed by atoms with E-state index in [1.165, 1.54) is 56.9 Å². The number of aliphatic hydroxyl groups excluding tert-OH is 1. The molecule has 0 unspecified atom stereocenters. The van der Waals surface area contributed by atoms with Crippen LogP contribution in [0.15, 0.2) is 17.8 Å². The summed E-state index contributed by atoms with van der Waals surface area (Å²) in [5, 5.41) is 15.6. The van der Waals surface area contributed by atoms with Gasteiger partial charge in [0, 0.05) is 18.7 Å². The number of hydrogen-bond donors (Lipinski definition) is 1. The van der Waals surface area contributed by atoms with Crippen molar-refractivity contribution in [2.75, 3.05) is 0 Å². The maximum atomic E-state index is 11.3. The molecular weight excluding hydrogens is 332 g/mol. The van der Waals surface area contributed by atoms with E-state index in [4.69, 9.17) is 0 Å². The molecular formula is C24H36N2O. The topological polar surface area (TPSA) is 38.0 Å². The maximum absolute atomic E-state index is 11.3. The van der Waals surface area contributed by atoms with Gasteiger partial charge in [0.2, 0.25) is 0 Å². The minimum Gasteiger partial charge on any atom is -0.388 e. The predicted molar refractivity (Wildman–Crippen MR) is 109 cm³/mol. The largest absolute Gasteiger partial charge is 0.388 e. The first-order chi connectivity index (χ1) is 12.9. The second-order valence-electron chi connectivity index (χ2n) is 10.7. The van der Waals surface area contributed by atoms with E-state index in [-0.39, 0.29) is 11.5 Å². The zero-order valence-electron chi connectivity index (χ0n) is 17.3. The van der Waals surface area contributed by atoms with Crippen LogP contribution in [0.3, 0.4) is 0 Å². The van der Waals surface area contributed by atoms with Gasteiger partial charge in [-0.05, 0) is 91.7 Å². The molecule has 148 valence electrons.